The van der Waals surface area contributed by atoms with Crippen molar-refractivity contribution < 1.29 is 13.0 Å². The smallest absolute Gasteiger partial charge is 0.127 e. The predicted octanol–water partition coefficient (Wildman–Crippen LogP) is 4.91. The molecule has 23 heavy (non-hydrogen) atoms. The molecule has 0 bridgehead atoms. The van der Waals surface area contributed by atoms with Gasteiger partial charge in [-0.2, -0.15) is 0 Å². The van der Waals surface area contributed by atoms with Crippen LogP contribution in [-0.2, 0) is 0 Å². The zero-order chi connectivity index (χ0) is 21.1. The summed E-state index contributed by atoms with van der Waals surface area (Å²) in [7, 11) is 0. The number of ether oxygens (including phenoxy) is 1. The Labute approximate surface area is 146 Å². The van der Waals surface area contributed by atoms with Gasteiger partial charge in [0, 0.05) is 26.1 Å². The normalized spacial score (nSPS) is 17.4. The van der Waals surface area contributed by atoms with Crippen molar-refractivity contribution in [3.63, 3.8) is 0 Å². The Morgan fingerprint density at radius 3 is 2.48 bits per heavy atom. The quantitative estimate of drug-likeness (QED) is 0.641. The van der Waals surface area contributed by atoms with Gasteiger partial charge >= 0.3 is 0 Å². The fourth-order valence-corrected chi connectivity index (χ4v) is 2.72. The Hall–Kier alpha value is -2.32. The van der Waals surface area contributed by atoms with Crippen molar-refractivity contribution in [3.05, 3.63) is 78.4 Å². The van der Waals surface area contributed by atoms with Gasteiger partial charge in [-0.25, -0.2) is 0 Å². The first kappa shape index (κ1) is 9.74. The molecule has 0 aliphatic heterocycles. The van der Waals surface area contributed by atoms with E-state index in [-0.39, 0.29) is 13.0 Å². The summed E-state index contributed by atoms with van der Waals surface area (Å²) in [5.74, 6) is 0.684. The van der Waals surface area contributed by atoms with E-state index in [2.05, 4.69) is 0 Å². The molecule has 0 radical (unpaired) electrons. The number of nitrogens with zero attached hydrogens (tertiary/aromatic N) is 1. The minimum Gasteiger partial charge on any atom is -0.493 e. The van der Waals surface area contributed by atoms with Crippen LogP contribution in [0.15, 0.2) is 72.8 Å². The Kier molecular flexibility index (Phi) is 3.09. The summed E-state index contributed by atoms with van der Waals surface area (Å²) in [6, 6.07) is 21.5. The molecule has 0 saturated carbocycles. The molecule has 0 unspecified atom stereocenters. The molecule has 118 valence electrons. The lowest BCUT2D eigenvalue weighted by molar-refractivity contribution is 0.225. The van der Waals surface area contributed by atoms with Gasteiger partial charge in [-0.05, 0) is 31.0 Å². The molecule has 0 fully saturated rings. The summed E-state index contributed by atoms with van der Waals surface area (Å²) in [4.78, 5) is 0.627. The van der Waals surface area contributed by atoms with E-state index in [1.54, 1.807) is 24.3 Å². The molecule has 0 heterocycles. The van der Waals surface area contributed by atoms with Crippen LogP contribution in [0.4, 0.5) is 0 Å². The highest BCUT2D eigenvalue weighted by Gasteiger charge is 2.14. The van der Waals surface area contributed by atoms with Crippen LogP contribution in [0.5, 0.6) is 5.75 Å². The largest absolute Gasteiger partial charge is 0.493 e. The fourth-order valence-electron chi connectivity index (χ4n) is 2.72. The molecular weight excluding hydrogens is 282 g/mol. The lowest BCUT2D eigenvalue weighted by Gasteiger charge is -2.25. The maximum atomic E-state index is 7.79. The minimum atomic E-state index is -2.77. The molecule has 0 aliphatic carbocycles. The van der Waals surface area contributed by atoms with E-state index in [1.165, 1.54) is 0 Å². The third-order valence-electron chi connectivity index (χ3n) is 3.89. The van der Waals surface area contributed by atoms with Gasteiger partial charge in [-0.15, -0.1) is 0 Å². The van der Waals surface area contributed by atoms with Gasteiger partial charge in [-0.1, -0.05) is 66.7 Å². The van der Waals surface area contributed by atoms with E-state index in [9.17, 15) is 0 Å². The molecule has 0 saturated heterocycles. The summed E-state index contributed by atoms with van der Waals surface area (Å²) in [5.41, 5.74) is 0.626. The van der Waals surface area contributed by atoms with Gasteiger partial charge < -0.3 is 9.64 Å². The summed E-state index contributed by atoms with van der Waals surface area (Å²) in [5, 5.41) is 1.99. The second-order valence-electron chi connectivity index (χ2n) is 5.41. The highest BCUT2D eigenvalue weighted by molar-refractivity contribution is 5.88. The summed E-state index contributed by atoms with van der Waals surface area (Å²) < 4.78 is 52.7. The maximum Gasteiger partial charge on any atom is 0.127 e. The first-order chi connectivity index (χ1) is 13.7. The molecule has 0 amide bonds. The molecule has 0 N–H and O–H groups in total. The van der Waals surface area contributed by atoms with Crippen LogP contribution in [0.2, 0.25) is 0 Å². The van der Waals surface area contributed by atoms with Crippen molar-refractivity contribution in [2.24, 2.45) is 0 Å². The first-order valence-corrected chi connectivity index (χ1v) is 7.63. The molecule has 0 spiro atoms. The lowest BCUT2D eigenvalue weighted by atomic mass is 10.0. The molecule has 0 aliphatic rings. The van der Waals surface area contributed by atoms with Gasteiger partial charge in [0.15, 0.2) is 0 Å². The van der Waals surface area contributed by atoms with Crippen molar-refractivity contribution in [1.29, 1.82) is 0 Å². The van der Waals surface area contributed by atoms with Gasteiger partial charge in [0.2, 0.25) is 0 Å². The lowest BCUT2D eigenvalue weighted by Crippen LogP contribution is -2.22. The van der Waals surface area contributed by atoms with Crippen LogP contribution in [0.25, 0.3) is 10.8 Å². The van der Waals surface area contributed by atoms with Gasteiger partial charge in [0.25, 0.3) is 0 Å². The van der Waals surface area contributed by atoms with Crippen LogP contribution >= 0.6 is 0 Å². The van der Waals surface area contributed by atoms with Crippen LogP contribution in [0.3, 0.4) is 0 Å². The van der Waals surface area contributed by atoms with Crippen LogP contribution in [0, 0.1) is 0 Å². The van der Waals surface area contributed by atoms with E-state index >= 15 is 0 Å². The van der Waals surface area contributed by atoms with E-state index in [4.69, 9.17) is 13.0 Å². The van der Waals surface area contributed by atoms with Crippen LogP contribution in [-0.4, -0.2) is 25.5 Å². The number of hydrogen-bond acceptors (Lipinski definition) is 2. The number of benzene rings is 3. The average molecular weight is 311 g/mol. The Morgan fingerprint density at radius 1 is 0.913 bits per heavy atom. The van der Waals surface area contributed by atoms with E-state index in [0.29, 0.717) is 16.2 Å². The Morgan fingerprint density at radius 2 is 1.65 bits per heavy atom. The molecule has 1 atom stereocenters. The zero-order valence-corrected chi connectivity index (χ0v) is 12.8. The summed E-state index contributed by atoms with van der Waals surface area (Å²) in [6.07, 6.45) is 0.212. The second-order valence-corrected chi connectivity index (χ2v) is 5.41. The second kappa shape index (κ2) is 7.30. The first-order valence-electron chi connectivity index (χ1n) is 10.6. The van der Waals surface area contributed by atoms with Crippen molar-refractivity contribution in [3.8, 4) is 5.75 Å². The molecule has 2 heteroatoms. The fraction of sp³-hybridized carbons (Fsp3) is 0.238. The minimum absolute atomic E-state index is 0.177. The molecule has 2 nitrogen and oxygen atoms in total. The van der Waals surface area contributed by atoms with Crippen molar-refractivity contribution in [2.75, 3.05) is 20.6 Å². The monoisotopic (exact) mass is 311 g/mol. The van der Waals surface area contributed by atoms with E-state index in [1.807, 2.05) is 48.5 Å². The zero-order valence-electron chi connectivity index (χ0n) is 18.8. The van der Waals surface area contributed by atoms with Gasteiger partial charge in [0.1, 0.15) is 5.75 Å². The predicted molar refractivity (Wildman–Crippen MR) is 96.9 cm³/mol. The highest BCUT2D eigenvalue weighted by Crippen LogP contribution is 2.27. The van der Waals surface area contributed by atoms with Crippen molar-refractivity contribution in [2.45, 2.75) is 12.5 Å². The third kappa shape index (κ3) is 3.72. The topological polar surface area (TPSA) is 12.5 Å². The van der Waals surface area contributed by atoms with E-state index < -0.39 is 20.0 Å². The SMILES string of the molecule is [2H]C([2H])([2H])N([C@@H](CCOc1cccc2ccccc12)c1ccccc1)C([2H])([2H])[2H]. The van der Waals surface area contributed by atoms with Gasteiger partial charge in [-0.3, -0.25) is 0 Å². The Bertz CT molecular complexity index is 920. The molecule has 3 aromatic carbocycles. The third-order valence-corrected chi connectivity index (χ3v) is 3.89. The van der Waals surface area contributed by atoms with Crippen LogP contribution < -0.4 is 4.74 Å². The number of hydrogen-bond donors (Lipinski definition) is 0. The van der Waals surface area contributed by atoms with Crippen LogP contribution in [0.1, 0.15) is 26.3 Å². The van der Waals surface area contributed by atoms with Crippen molar-refractivity contribution in [1.82, 2.24) is 4.90 Å². The Balaban J connectivity index is 1.86. The average Bonchev–Trinajstić information content (AvgIpc) is 2.66. The number of rotatable bonds is 6. The van der Waals surface area contributed by atoms with Gasteiger partial charge in [0.05, 0.1) is 6.61 Å². The molecular formula is C21H23NO. The molecule has 0 aromatic heterocycles. The maximum absolute atomic E-state index is 7.79. The summed E-state index contributed by atoms with van der Waals surface area (Å²) >= 11 is 0. The van der Waals surface area contributed by atoms with E-state index in [0.717, 1.165) is 10.8 Å². The highest BCUT2D eigenvalue weighted by atomic mass is 16.5. The molecule has 3 rings (SSSR count). The standard InChI is InChI=1S/C21H23NO/c1-22(2)20(18-10-4-3-5-11-18)15-16-23-21-14-8-12-17-9-6-7-13-19(17)21/h3-14,20H,15-16H2,1-2H3/t20-/m0/s1/i1D3,2D3. The number of fused-ring (bicyclic) bond motifs is 1. The van der Waals surface area contributed by atoms with Crippen molar-refractivity contribution >= 4 is 10.8 Å². The molecule has 3 aromatic rings. The summed E-state index contributed by atoms with van der Waals surface area (Å²) in [6.45, 7) is -5.37.